The van der Waals surface area contributed by atoms with E-state index in [-0.39, 0.29) is 5.56 Å². The van der Waals surface area contributed by atoms with Gasteiger partial charge in [0.05, 0.1) is 41.5 Å². The first-order valence-corrected chi connectivity index (χ1v) is 11.1. The zero-order valence-electron chi connectivity index (χ0n) is 18.2. The van der Waals surface area contributed by atoms with Crippen LogP contribution in [0.5, 0.6) is 11.5 Å². The second kappa shape index (κ2) is 9.13. The summed E-state index contributed by atoms with van der Waals surface area (Å²) >= 11 is 0. The van der Waals surface area contributed by atoms with Gasteiger partial charge in [0.2, 0.25) is 0 Å². The third kappa shape index (κ3) is 4.39. The van der Waals surface area contributed by atoms with E-state index in [1.54, 1.807) is 24.5 Å². The summed E-state index contributed by atoms with van der Waals surface area (Å²) in [6, 6.07) is 7.75. The average Bonchev–Trinajstić information content (AvgIpc) is 2.85. The first-order valence-electron chi connectivity index (χ1n) is 11.1. The molecule has 0 atom stereocenters. The predicted molar refractivity (Wildman–Crippen MR) is 122 cm³/mol. The van der Waals surface area contributed by atoms with Crippen LogP contribution in [0.25, 0.3) is 11.0 Å². The largest absolute Gasteiger partial charge is 0.486 e. The minimum absolute atomic E-state index is 0.00233. The molecule has 0 spiro atoms. The van der Waals surface area contributed by atoms with Crippen molar-refractivity contribution in [3.63, 3.8) is 0 Å². The van der Waals surface area contributed by atoms with Crippen LogP contribution >= 0.6 is 0 Å². The van der Waals surface area contributed by atoms with Crippen LogP contribution in [-0.4, -0.2) is 58.8 Å². The van der Waals surface area contributed by atoms with E-state index in [1.165, 1.54) is 0 Å². The fraction of sp³-hybridized carbons (Fsp3) is 0.435. The number of nitrogens with zero attached hydrogens (tertiary/aromatic N) is 4. The molecular weight excluding hydrogens is 408 g/mol. The van der Waals surface area contributed by atoms with Gasteiger partial charge in [-0.3, -0.25) is 24.2 Å². The summed E-state index contributed by atoms with van der Waals surface area (Å²) in [7, 11) is 1.85. The Labute approximate surface area is 186 Å². The van der Waals surface area contributed by atoms with Crippen molar-refractivity contribution in [3.8, 4) is 11.5 Å². The Bertz CT molecular complexity index is 1160. The Kier molecular flexibility index (Phi) is 5.91. The quantitative estimate of drug-likeness (QED) is 0.605. The molecule has 5 rings (SSSR count). The number of aromatic nitrogens is 3. The summed E-state index contributed by atoms with van der Waals surface area (Å²) in [6.45, 7) is 4.27. The van der Waals surface area contributed by atoms with Gasteiger partial charge in [-0.15, -0.1) is 0 Å². The van der Waals surface area contributed by atoms with Crippen LogP contribution in [0.3, 0.4) is 0 Å². The normalized spacial score (nSPS) is 16.9. The second-order valence-corrected chi connectivity index (χ2v) is 8.21. The zero-order valence-corrected chi connectivity index (χ0v) is 18.2. The molecule has 0 aromatic carbocycles. The van der Waals surface area contributed by atoms with Gasteiger partial charge in [0.25, 0.3) is 5.56 Å². The molecule has 1 saturated heterocycles. The van der Waals surface area contributed by atoms with E-state index >= 15 is 0 Å². The standard InChI is InChI=1S/C23H28N6O3/c1-24-17-10-20-19(27-12-17)2-3-23(30)29(20)15-28-6-4-16(5-7-28)25-13-18-11-21-22(14-26-18)32-9-8-31-21/h2-3,10-12,14,16,24-25H,4-9,13,15H2,1H3. The molecular formula is C23H28N6O3. The lowest BCUT2D eigenvalue weighted by molar-refractivity contribution is 0.159. The fourth-order valence-electron chi connectivity index (χ4n) is 4.26. The highest BCUT2D eigenvalue weighted by molar-refractivity contribution is 5.77. The van der Waals surface area contributed by atoms with E-state index in [4.69, 9.17) is 9.47 Å². The summed E-state index contributed by atoms with van der Waals surface area (Å²) in [6.07, 6.45) is 5.56. The lowest BCUT2D eigenvalue weighted by atomic mass is 10.1. The molecule has 2 aliphatic rings. The molecule has 0 radical (unpaired) electrons. The van der Waals surface area contributed by atoms with Gasteiger partial charge < -0.3 is 20.1 Å². The Hall–Kier alpha value is -3.17. The van der Waals surface area contributed by atoms with Crippen molar-refractivity contribution in [2.24, 2.45) is 0 Å². The molecule has 0 aliphatic carbocycles. The average molecular weight is 437 g/mol. The number of hydrogen-bond acceptors (Lipinski definition) is 8. The molecule has 2 aliphatic heterocycles. The van der Waals surface area contributed by atoms with Crippen molar-refractivity contribution >= 4 is 16.7 Å². The Balaban J connectivity index is 1.19. The van der Waals surface area contributed by atoms with E-state index in [0.29, 0.717) is 38.2 Å². The minimum Gasteiger partial charge on any atom is -0.486 e. The lowest BCUT2D eigenvalue weighted by Gasteiger charge is -2.33. The van der Waals surface area contributed by atoms with Crippen molar-refractivity contribution in [2.75, 3.05) is 38.7 Å². The Morgan fingerprint density at radius 1 is 1.06 bits per heavy atom. The maximum atomic E-state index is 12.6. The number of piperidine rings is 1. The molecule has 32 heavy (non-hydrogen) atoms. The molecule has 9 heteroatoms. The number of fused-ring (bicyclic) bond motifs is 2. The van der Waals surface area contributed by atoms with Crippen molar-refractivity contribution in [1.82, 2.24) is 24.8 Å². The van der Waals surface area contributed by atoms with Crippen molar-refractivity contribution < 1.29 is 9.47 Å². The molecule has 9 nitrogen and oxygen atoms in total. The maximum Gasteiger partial charge on any atom is 0.252 e. The zero-order chi connectivity index (χ0) is 21.9. The van der Waals surface area contributed by atoms with Gasteiger partial charge in [0.15, 0.2) is 11.5 Å². The minimum atomic E-state index is -0.00233. The van der Waals surface area contributed by atoms with Crippen molar-refractivity contribution in [1.29, 1.82) is 0 Å². The first kappa shape index (κ1) is 20.7. The van der Waals surface area contributed by atoms with Crippen molar-refractivity contribution in [2.45, 2.75) is 32.1 Å². The predicted octanol–water partition coefficient (Wildman–Crippen LogP) is 1.82. The van der Waals surface area contributed by atoms with Crippen LogP contribution in [0.15, 0.2) is 41.5 Å². The first-order chi connectivity index (χ1) is 15.7. The third-order valence-corrected chi connectivity index (χ3v) is 6.11. The molecule has 5 heterocycles. The molecule has 3 aromatic heterocycles. The summed E-state index contributed by atoms with van der Waals surface area (Å²) in [5, 5.41) is 6.71. The second-order valence-electron chi connectivity index (χ2n) is 8.21. The molecule has 168 valence electrons. The maximum absolute atomic E-state index is 12.6. The van der Waals surface area contributed by atoms with Gasteiger partial charge in [-0.1, -0.05) is 0 Å². The highest BCUT2D eigenvalue weighted by atomic mass is 16.6. The Morgan fingerprint density at radius 2 is 1.88 bits per heavy atom. The van der Waals surface area contributed by atoms with Crippen LogP contribution in [0.4, 0.5) is 5.69 Å². The number of anilines is 1. The molecule has 1 fully saturated rings. The highest BCUT2D eigenvalue weighted by Gasteiger charge is 2.20. The van der Waals surface area contributed by atoms with Crippen LogP contribution < -0.4 is 25.7 Å². The van der Waals surface area contributed by atoms with E-state index in [2.05, 4.69) is 25.5 Å². The molecule has 2 N–H and O–H groups in total. The van der Waals surface area contributed by atoms with E-state index in [9.17, 15) is 4.79 Å². The summed E-state index contributed by atoms with van der Waals surface area (Å²) < 4.78 is 13.0. The molecule has 0 amide bonds. The van der Waals surface area contributed by atoms with Gasteiger partial charge in [0, 0.05) is 44.9 Å². The van der Waals surface area contributed by atoms with Gasteiger partial charge in [0.1, 0.15) is 13.2 Å². The number of pyridine rings is 3. The van der Waals surface area contributed by atoms with Gasteiger partial charge in [-0.25, -0.2) is 0 Å². The fourth-order valence-corrected chi connectivity index (χ4v) is 4.26. The van der Waals surface area contributed by atoms with Crippen LogP contribution in [0, 0.1) is 0 Å². The molecule has 0 saturated carbocycles. The van der Waals surface area contributed by atoms with Gasteiger partial charge in [-0.2, -0.15) is 0 Å². The van der Waals surface area contributed by atoms with Crippen molar-refractivity contribution in [3.05, 3.63) is 52.7 Å². The SMILES string of the molecule is CNc1cnc2ccc(=O)n(CN3CCC(NCc4cc5c(cn4)OCCO5)CC3)c2c1. The number of likely N-dealkylation sites (tertiary alicyclic amines) is 1. The Morgan fingerprint density at radius 3 is 2.69 bits per heavy atom. The smallest absolute Gasteiger partial charge is 0.252 e. The molecule has 3 aromatic rings. The van der Waals surface area contributed by atoms with Crippen LogP contribution in [-0.2, 0) is 13.2 Å². The summed E-state index contributed by atoms with van der Waals surface area (Å²) in [5.74, 6) is 1.49. The number of hydrogen-bond donors (Lipinski definition) is 2. The summed E-state index contributed by atoms with van der Waals surface area (Å²) in [4.78, 5) is 23.8. The van der Waals surface area contributed by atoms with Gasteiger partial charge >= 0.3 is 0 Å². The topological polar surface area (TPSA) is 93.5 Å². The van der Waals surface area contributed by atoms with Gasteiger partial charge in [-0.05, 0) is 25.0 Å². The summed E-state index contributed by atoms with van der Waals surface area (Å²) in [5.41, 5.74) is 3.53. The molecule has 0 bridgehead atoms. The van der Waals surface area contributed by atoms with Crippen LogP contribution in [0.2, 0.25) is 0 Å². The molecule has 0 unspecified atom stereocenters. The van der Waals surface area contributed by atoms with E-state index in [0.717, 1.165) is 54.1 Å². The highest BCUT2D eigenvalue weighted by Crippen LogP contribution is 2.29. The monoisotopic (exact) mass is 436 g/mol. The lowest BCUT2D eigenvalue weighted by Crippen LogP contribution is -2.44. The number of nitrogens with one attached hydrogen (secondary N) is 2. The van der Waals surface area contributed by atoms with E-state index in [1.807, 2.05) is 23.7 Å². The number of ether oxygens (including phenoxy) is 2. The number of rotatable bonds is 6. The third-order valence-electron chi connectivity index (χ3n) is 6.11. The van der Waals surface area contributed by atoms with E-state index < -0.39 is 0 Å². The van der Waals surface area contributed by atoms with Crippen LogP contribution in [0.1, 0.15) is 18.5 Å².